The molecule has 52 heavy (non-hydrogen) atoms. The van der Waals surface area contributed by atoms with Gasteiger partial charge in [-0.3, -0.25) is 4.79 Å². The van der Waals surface area contributed by atoms with Crippen LogP contribution in [0.3, 0.4) is 0 Å². The molecular weight excluding hydrogens is 689 g/mol. The lowest BCUT2D eigenvalue weighted by molar-refractivity contribution is -0.125. The third kappa shape index (κ3) is 12.1. The van der Waals surface area contributed by atoms with Gasteiger partial charge >= 0.3 is 12.2 Å². The van der Waals surface area contributed by atoms with Crippen LogP contribution in [-0.4, -0.2) is 83.7 Å². The van der Waals surface area contributed by atoms with E-state index in [4.69, 9.17) is 18.6 Å². The maximum atomic E-state index is 13.8. The first-order chi connectivity index (χ1) is 25.2. The average molecular weight is 735 g/mol. The van der Waals surface area contributed by atoms with Gasteiger partial charge in [-0.2, -0.15) is 0 Å². The minimum absolute atomic E-state index is 0.0431. The number of nitrogens with one attached hydrogen (secondary N) is 3. The number of ether oxygens (including phenoxy) is 3. The molecule has 15 heteroatoms. The molecule has 1 saturated heterocycles. The fourth-order valence-corrected chi connectivity index (χ4v) is 6.60. The van der Waals surface area contributed by atoms with Crippen molar-refractivity contribution in [1.82, 2.24) is 25.9 Å². The molecule has 3 amide bonds. The van der Waals surface area contributed by atoms with Gasteiger partial charge in [-0.25, -0.2) is 19.6 Å². The predicted octanol–water partition coefficient (Wildman–Crippen LogP) is 4.23. The number of rotatable bonds is 17. The Balaban J connectivity index is 1.23. The van der Waals surface area contributed by atoms with E-state index in [0.717, 1.165) is 29.3 Å². The fourth-order valence-electron chi connectivity index (χ4n) is 5.74. The van der Waals surface area contributed by atoms with Crippen molar-refractivity contribution >= 4 is 34.6 Å². The van der Waals surface area contributed by atoms with Crippen LogP contribution in [0.15, 0.2) is 83.1 Å². The molecular formula is C37H46N6O8S. The zero-order chi connectivity index (χ0) is 36.7. The normalized spacial score (nSPS) is 15.3. The van der Waals surface area contributed by atoms with Crippen LogP contribution in [0, 0.1) is 5.92 Å². The number of anilines is 1. The van der Waals surface area contributed by atoms with Crippen LogP contribution >= 0.6 is 11.3 Å². The number of aliphatic hydroxyl groups excluding tert-OH is 1. The van der Waals surface area contributed by atoms with Crippen LogP contribution < -0.4 is 20.9 Å². The van der Waals surface area contributed by atoms with E-state index in [9.17, 15) is 19.5 Å². The third-order valence-corrected chi connectivity index (χ3v) is 9.44. The Bertz CT molecular complexity index is 1670. The summed E-state index contributed by atoms with van der Waals surface area (Å²) in [5.41, 5.74) is 2.44. The van der Waals surface area contributed by atoms with E-state index in [1.54, 1.807) is 0 Å². The summed E-state index contributed by atoms with van der Waals surface area (Å²) in [7, 11) is 0. The Labute approximate surface area is 306 Å². The molecule has 1 aliphatic heterocycles. The molecule has 1 aliphatic rings. The Morgan fingerprint density at radius 3 is 2.21 bits per heavy atom. The lowest BCUT2D eigenvalue weighted by atomic mass is 9.93. The van der Waals surface area contributed by atoms with Gasteiger partial charge in [-0.05, 0) is 36.3 Å². The number of alkyl carbamates (subject to hydrolysis) is 2. The summed E-state index contributed by atoms with van der Waals surface area (Å²) < 4.78 is 21.3. The number of hydrogen-bond donors (Lipinski definition) is 4. The average Bonchev–Trinajstić information content (AvgIpc) is 3.86. The summed E-state index contributed by atoms with van der Waals surface area (Å²) in [6.45, 7) is 6.27. The van der Waals surface area contributed by atoms with Gasteiger partial charge in [0.15, 0.2) is 23.9 Å². The first-order valence-corrected chi connectivity index (χ1v) is 18.2. The maximum absolute atomic E-state index is 13.8. The number of hydrogen-bond acceptors (Lipinski definition) is 12. The Hall–Kier alpha value is -4.99. The van der Waals surface area contributed by atoms with E-state index < -0.39 is 42.3 Å². The molecule has 4 atom stereocenters. The first-order valence-electron chi connectivity index (χ1n) is 17.3. The summed E-state index contributed by atoms with van der Waals surface area (Å²) in [6, 6.07) is 16.8. The number of nitrogens with zero attached hydrogens (tertiary/aromatic N) is 3. The molecule has 4 N–H and O–H groups in total. The molecule has 0 radical (unpaired) electrons. The summed E-state index contributed by atoms with van der Waals surface area (Å²) >= 11 is 1.48. The number of benzene rings is 2. The van der Waals surface area contributed by atoms with Gasteiger partial charge in [0.2, 0.25) is 5.91 Å². The number of aromatic nitrogens is 2. The number of morpholine rings is 1. The van der Waals surface area contributed by atoms with Crippen LogP contribution in [0.1, 0.15) is 42.8 Å². The maximum Gasteiger partial charge on any atom is 0.408 e. The van der Waals surface area contributed by atoms with Gasteiger partial charge < -0.3 is 44.6 Å². The molecule has 2 aromatic carbocycles. The molecule has 1 fully saturated rings. The van der Waals surface area contributed by atoms with E-state index >= 15 is 0 Å². The Kier molecular flexibility index (Phi) is 14.4. The second kappa shape index (κ2) is 19.6. The van der Waals surface area contributed by atoms with Crippen molar-refractivity contribution in [3.05, 3.63) is 101 Å². The number of amides is 3. The molecule has 0 aliphatic carbocycles. The summed E-state index contributed by atoms with van der Waals surface area (Å²) in [6.07, 6.45) is 0.897. The Morgan fingerprint density at radius 2 is 1.56 bits per heavy atom. The van der Waals surface area contributed by atoms with Crippen molar-refractivity contribution in [3.63, 3.8) is 0 Å². The predicted molar refractivity (Wildman–Crippen MR) is 194 cm³/mol. The van der Waals surface area contributed by atoms with Gasteiger partial charge in [-0.15, -0.1) is 11.3 Å². The number of carbonyl (C=O) groups is 3. The zero-order valence-electron chi connectivity index (χ0n) is 29.3. The fraction of sp³-hybridized carbons (Fsp3) is 0.432. The molecule has 0 spiro atoms. The van der Waals surface area contributed by atoms with Crippen LogP contribution in [0.2, 0.25) is 0 Å². The van der Waals surface area contributed by atoms with Crippen LogP contribution in [-0.2, 0) is 45.1 Å². The van der Waals surface area contributed by atoms with Gasteiger partial charge in [0.25, 0.3) is 0 Å². The molecule has 0 bridgehead atoms. The smallest absolute Gasteiger partial charge is 0.408 e. The summed E-state index contributed by atoms with van der Waals surface area (Å²) in [5.74, 6) is -0.338. The first kappa shape index (κ1) is 38.2. The zero-order valence-corrected chi connectivity index (χ0v) is 30.1. The van der Waals surface area contributed by atoms with Gasteiger partial charge in [0, 0.05) is 24.5 Å². The van der Waals surface area contributed by atoms with Crippen molar-refractivity contribution in [2.24, 2.45) is 5.92 Å². The highest BCUT2D eigenvalue weighted by molar-refractivity contribution is 7.13. The second-order valence-corrected chi connectivity index (χ2v) is 13.7. The summed E-state index contributed by atoms with van der Waals surface area (Å²) in [4.78, 5) is 50.1. The van der Waals surface area contributed by atoms with E-state index in [1.165, 1.54) is 23.9 Å². The van der Waals surface area contributed by atoms with Gasteiger partial charge in [0.1, 0.15) is 12.6 Å². The molecule has 278 valence electrons. The minimum Gasteiger partial charge on any atom is -0.445 e. The van der Waals surface area contributed by atoms with E-state index in [0.29, 0.717) is 37.5 Å². The lowest BCUT2D eigenvalue weighted by Crippen LogP contribution is -2.54. The van der Waals surface area contributed by atoms with E-state index in [-0.39, 0.29) is 25.6 Å². The van der Waals surface area contributed by atoms with E-state index in [1.807, 2.05) is 79.9 Å². The highest BCUT2D eigenvalue weighted by Gasteiger charge is 2.31. The number of carbonyl (C=O) groups excluding carboxylic acids is 3. The van der Waals surface area contributed by atoms with E-state index in [2.05, 4.69) is 30.8 Å². The number of oxazole rings is 1. The second-order valence-electron chi connectivity index (χ2n) is 12.8. The molecule has 5 rings (SSSR count). The number of aliphatic hydroxyl groups is 1. The van der Waals surface area contributed by atoms with Crippen molar-refractivity contribution in [2.45, 2.75) is 70.6 Å². The largest absolute Gasteiger partial charge is 0.445 e. The molecule has 2 aromatic heterocycles. The lowest BCUT2D eigenvalue weighted by Gasteiger charge is -2.30. The number of thiazole rings is 1. The molecule has 0 unspecified atom stereocenters. The van der Waals surface area contributed by atoms with Crippen molar-refractivity contribution < 1.29 is 38.1 Å². The van der Waals surface area contributed by atoms with Gasteiger partial charge in [-0.1, -0.05) is 74.5 Å². The highest BCUT2D eigenvalue weighted by Crippen LogP contribution is 2.22. The SMILES string of the molecule is CC(C)[C@H](NC(=O)OCc1csc(N2CCOCC2)n1)C(=O)N[C@@H](Cc1ccccc1)C[C@H](O)[C@H](Cc1ccccc1)NC(=O)OCc1cnco1. The molecule has 3 heterocycles. The Morgan fingerprint density at radius 1 is 0.904 bits per heavy atom. The molecule has 14 nitrogen and oxygen atoms in total. The quantitative estimate of drug-likeness (QED) is 0.122. The summed E-state index contributed by atoms with van der Waals surface area (Å²) in [5, 5.41) is 22.9. The topological polar surface area (TPSA) is 177 Å². The molecule has 4 aromatic rings. The third-order valence-electron chi connectivity index (χ3n) is 8.49. The standard InChI is InChI=1S/C37H46N6O8S/c1-25(2)33(42-37(47)49-21-29-23-52-35(40-29)43-13-15-48-16-14-43)34(45)39-28(17-26-9-5-3-6-10-26)19-32(44)31(18-27-11-7-4-8-12-27)41-36(46)50-22-30-20-38-24-51-30/h3-12,20,23-25,28,31-33,44H,13-19,21-22H2,1-2H3,(H,39,45)(H,41,46)(H,42,47)/t28-,31-,32-,33-/m0/s1. The van der Waals surface area contributed by atoms with Crippen molar-refractivity contribution in [2.75, 3.05) is 31.2 Å². The monoisotopic (exact) mass is 734 g/mol. The van der Waals surface area contributed by atoms with Gasteiger partial charge in [0.05, 0.1) is 37.3 Å². The molecule has 0 saturated carbocycles. The van der Waals surface area contributed by atoms with Crippen molar-refractivity contribution in [3.8, 4) is 0 Å². The minimum atomic E-state index is -1.09. The van der Waals surface area contributed by atoms with Crippen LogP contribution in [0.25, 0.3) is 0 Å². The van der Waals surface area contributed by atoms with Crippen LogP contribution in [0.4, 0.5) is 14.7 Å². The highest BCUT2D eigenvalue weighted by atomic mass is 32.1. The van der Waals surface area contributed by atoms with Crippen molar-refractivity contribution in [1.29, 1.82) is 0 Å². The van der Waals surface area contributed by atoms with Crippen LogP contribution in [0.5, 0.6) is 0 Å².